The molecule has 11 heteroatoms. The van der Waals surface area contributed by atoms with Gasteiger partial charge in [-0.3, -0.25) is 4.79 Å². The fourth-order valence-electron chi connectivity index (χ4n) is 6.24. The second-order valence-corrected chi connectivity index (χ2v) is 12.3. The molecular formula is C22H34F4N2O4S. The van der Waals surface area contributed by atoms with Crippen molar-refractivity contribution in [2.45, 2.75) is 88.0 Å². The van der Waals surface area contributed by atoms with Crippen molar-refractivity contribution in [3.63, 3.8) is 0 Å². The van der Waals surface area contributed by atoms with Crippen molar-refractivity contribution in [1.82, 2.24) is 9.21 Å². The van der Waals surface area contributed by atoms with E-state index in [1.807, 2.05) is 0 Å². The number of rotatable bonds is 3. The normalized spacial score (nSPS) is 36.3. The summed E-state index contributed by atoms with van der Waals surface area (Å²) in [5.74, 6) is -3.47. The number of piperidine rings is 1. The molecule has 0 aromatic carbocycles. The average molecular weight is 499 g/mol. The van der Waals surface area contributed by atoms with Crippen molar-refractivity contribution < 1.29 is 35.5 Å². The van der Waals surface area contributed by atoms with Crippen LogP contribution in [0.1, 0.15) is 64.7 Å². The Balaban J connectivity index is 1.44. The Morgan fingerprint density at radius 3 is 2.33 bits per heavy atom. The van der Waals surface area contributed by atoms with E-state index in [4.69, 9.17) is 4.74 Å². The molecule has 2 saturated carbocycles. The maximum atomic E-state index is 13.9. The summed E-state index contributed by atoms with van der Waals surface area (Å²) in [6, 6.07) is 0. The number of hydrogen-bond acceptors (Lipinski definition) is 4. The van der Waals surface area contributed by atoms with E-state index >= 15 is 0 Å². The summed E-state index contributed by atoms with van der Waals surface area (Å²) < 4.78 is 88.6. The maximum Gasteiger partial charge on any atom is 0.392 e. The summed E-state index contributed by atoms with van der Waals surface area (Å²) >= 11 is 0. The highest BCUT2D eigenvalue weighted by Gasteiger charge is 2.54. The number of carbonyl (C=O) groups excluding carboxylic acids is 1. The number of hydrogen-bond donors (Lipinski definition) is 0. The maximum absolute atomic E-state index is 13.9. The Morgan fingerprint density at radius 2 is 1.70 bits per heavy atom. The second-order valence-electron chi connectivity index (χ2n) is 10.2. The van der Waals surface area contributed by atoms with Crippen LogP contribution in [0.4, 0.5) is 17.6 Å². The van der Waals surface area contributed by atoms with Gasteiger partial charge in [0.25, 0.3) is 0 Å². The van der Waals surface area contributed by atoms with E-state index in [1.165, 1.54) is 9.21 Å². The lowest BCUT2D eigenvalue weighted by Gasteiger charge is -2.45. The topological polar surface area (TPSA) is 66.9 Å². The number of carbonyl (C=O) groups is 1. The van der Waals surface area contributed by atoms with Crippen molar-refractivity contribution in [3.05, 3.63) is 0 Å². The molecule has 1 amide bonds. The molecule has 5 unspecified atom stereocenters. The van der Waals surface area contributed by atoms with Gasteiger partial charge in [0.1, 0.15) is 11.9 Å². The number of halogens is 4. The summed E-state index contributed by atoms with van der Waals surface area (Å²) in [6.07, 6.45) is -2.88. The van der Waals surface area contributed by atoms with E-state index in [9.17, 15) is 30.8 Å². The van der Waals surface area contributed by atoms with E-state index in [-0.39, 0.29) is 77.1 Å². The minimum Gasteiger partial charge on any atom is -0.358 e. The zero-order chi connectivity index (χ0) is 24.0. The van der Waals surface area contributed by atoms with Gasteiger partial charge < -0.3 is 9.64 Å². The third kappa shape index (κ3) is 4.78. The summed E-state index contributed by atoms with van der Waals surface area (Å²) in [6.45, 7) is 2.50. The number of sulfonamides is 1. The molecule has 5 atom stereocenters. The van der Waals surface area contributed by atoms with Gasteiger partial charge in [-0.2, -0.15) is 17.5 Å². The van der Waals surface area contributed by atoms with Gasteiger partial charge in [-0.25, -0.2) is 12.8 Å². The molecule has 6 nitrogen and oxygen atoms in total. The van der Waals surface area contributed by atoms with E-state index in [0.29, 0.717) is 12.8 Å². The van der Waals surface area contributed by atoms with Gasteiger partial charge in [-0.15, -0.1) is 0 Å². The van der Waals surface area contributed by atoms with Crippen molar-refractivity contribution in [2.24, 2.45) is 17.8 Å². The van der Waals surface area contributed by atoms with E-state index in [0.717, 1.165) is 0 Å². The molecule has 0 bridgehead atoms. The molecule has 2 heterocycles. The summed E-state index contributed by atoms with van der Waals surface area (Å²) in [5, 5.41) is -0.660. The predicted molar refractivity (Wildman–Crippen MR) is 113 cm³/mol. The standard InChI is InChI=1S/C22H34F4N2O4S/c1-15-14-16(6-7-19(15)23)33(30,31)28-12-13-32-21(28)8-10-27(11-9-21)20(29)17-4-2-3-5-18(17)22(24,25)26/h15-19H,2-14H2,1H3. The van der Waals surface area contributed by atoms with Crippen LogP contribution in [0.3, 0.4) is 0 Å². The fraction of sp³-hybridized carbons (Fsp3) is 0.955. The number of amides is 1. The minimum atomic E-state index is -4.40. The van der Waals surface area contributed by atoms with Gasteiger partial charge >= 0.3 is 6.18 Å². The molecule has 2 saturated heterocycles. The SMILES string of the molecule is CC1CC(S(=O)(=O)N2CCOC23CCN(C(=O)C2CCCCC2C(F)(F)F)CC3)CCC1F. The smallest absolute Gasteiger partial charge is 0.358 e. The highest BCUT2D eigenvalue weighted by atomic mass is 32.2. The Kier molecular flexibility index (Phi) is 7.06. The third-order valence-electron chi connectivity index (χ3n) is 8.22. The van der Waals surface area contributed by atoms with Crippen LogP contribution >= 0.6 is 0 Å². The molecule has 4 rings (SSSR count). The lowest BCUT2D eigenvalue weighted by Crippen LogP contribution is -2.58. The molecule has 1 spiro atoms. The zero-order valence-electron chi connectivity index (χ0n) is 19.0. The molecule has 0 aromatic rings. The Labute approximate surface area is 193 Å². The van der Waals surface area contributed by atoms with Crippen molar-refractivity contribution >= 4 is 15.9 Å². The van der Waals surface area contributed by atoms with Crippen LogP contribution in [-0.4, -0.2) is 73.1 Å². The summed E-state index contributed by atoms with van der Waals surface area (Å²) in [5.41, 5.74) is -1.07. The van der Waals surface area contributed by atoms with Crippen LogP contribution < -0.4 is 0 Å². The van der Waals surface area contributed by atoms with Gasteiger partial charge in [0.05, 0.1) is 17.8 Å². The molecular weight excluding hydrogens is 464 g/mol. The van der Waals surface area contributed by atoms with Crippen molar-refractivity contribution in [1.29, 1.82) is 0 Å². The molecule has 4 fully saturated rings. The van der Waals surface area contributed by atoms with E-state index < -0.39 is 51.1 Å². The molecule has 190 valence electrons. The molecule has 0 aromatic heterocycles. The lowest BCUT2D eigenvalue weighted by molar-refractivity contribution is -0.202. The van der Waals surface area contributed by atoms with Crippen LogP contribution in [-0.2, 0) is 19.6 Å². The Hall–Kier alpha value is -0.940. The first-order valence-electron chi connectivity index (χ1n) is 12.1. The molecule has 0 N–H and O–H groups in total. The minimum absolute atomic E-state index is 0.0215. The lowest BCUT2D eigenvalue weighted by atomic mass is 9.77. The third-order valence-corrected chi connectivity index (χ3v) is 10.6. The first kappa shape index (κ1) is 25.2. The highest BCUT2D eigenvalue weighted by molar-refractivity contribution is 7.89. The second kappa shape index (κ2) is 9.26. The van der Waals surface area contributed by atoms with Gasteiger partial charge in [-0.05, 0) is 38.0 Å². The molecule has 33 heavy (non-hydrogen) atoms. The monoisotopic (exact) mass is 498 g/mol. The number of alkyl halides is 4. The number of likely N-dealkylation sites (tertiary alicyclic amines) is 1. The molecule has 2 aliphatic heterocycles. The van der Waals surface area contributed by atoms with Crippen LogP contribution in [0.25, 0.3) is 0 Å². The van der Waals surface area contributed by atoms with Crippen molar-refractivity contribution in [3.8, 4) is 0 Å². The van der Waals surface area contributed by atoms with E-state index in [1.54, 1.807) is 6.92 Å². The quantitative estimate of drug-likeness (QED) is 0.555. The van der Waals surface area contributed by atoms with Gasteiger partial charge in [0.15, 0.2) is 0 Å². The fourth-order valence-corrected chi connectivity index (χ4v) is 8.61. The highest BCUT2D eigenvalue weighted by Crippen LogP contribution is 2.44. The van der Waals surface area contributed by atoms with Crippen molar-refractivity contribution in [2.75, 3.05) is 26.2 Å². The first-order valence-corrected chi connectivity index (χ1v) is 13.6. The average Bonchev–Trinajstić information content (AvgIpc) is 3.19. The van der Waals surface area contributed by atoms with Crippen LogP contribution in [0, 0.1) is 17.8 Å². The molecule has 2 aliphatic carbocycles. The van der Waals surface area contributed by atoms with Crippen LogP contribution in [0.2, 0.25) is 0 Å². The Bertz CT molecular complexity index is 829. The first-order chi connectivity index (χ1) is 15.5. The van der Waals surface area contributed by atoms with Gasteiger partial charge in [-0.1, -0.05) is 19.8 Å². The zero-order valence-corrected chi connectivity index (χ0v) is 19.8. The number of nitrogens with zero attached hydrogens (tertiary/aromatic N) is 2. The molecule has 4 aliphatic rings. The number of ether oxygens (including phenoxy) is 1. The van der Waals surface area contributed by atoms with Gasteiger partial charge in [0.2, 0.25) is 15.9 Å². The van der Waals surface area contributed by atoms with E-state index in [2.05, 4.69) is 0 Å². The summed E-state index contributed by atoms with van der Waals surface area (Å²) in [4.78, 5) is 14.5. The van der Waals surface area contributed by atoms with Gasteiger partial charge in [0, 0.05) is 38.4 Å². The summed E-state index contributed by atoms with van der Waals surface area (Å²) in [7, 11) is -3.72. The predicted octanol–water partition coefficient (Wildman–Crippen LogP) is 3.86. The largest absolute Gasteiger partial charge is 0.392 e. The Morgan fingerprint density at radius 1 is 1.03 bits per heavy atom. The molecule has 0 radical (unpaired) electrons. The van der Waals surface area contributed by atoms with Crippen LogP contribution in [0.15, 0.2) is 0 Å². The van der Waals surface area contributed by atoms with Crippen LogP contribution in [0.5, 0.6) is 0 Å².